The maximum atomic E-state index is 12.2. The first-order valence-electron chi connectivity index (χ1n) is 10.5. The lowest BCUT2D eigenvalue weighted by Gasteiger charge is -2.06. The van der Waals surface area contributed by atoms with Crippen LogP contribution in [0.4, 0.5) is 11.4 Å². The molecule has 0 bridgehead atoms. The number of nitro groups is 1. The van der Waals surface area contributed by atoms with E-state index >= 15 is 0 Å². The van der Waals surface area contributed by atoms with E-state index in [1.165, 1.54) is 42.1 Å². The van der Waals surface area contributed by atoms with Crippen LogP contribution in [0, 0.1) is 10.1 Å². The number of benzene rings is 2. The number of hydrogen-bond acceptors (Lipinski definition) is 5. The summed E-state index contributed by atoms with van der Waals surface area (Å²) in [6.45, 7) is 12.0. The third-order valence-corrected chi connectivity index (χ3v) is 4.43. The first-order chi connectivity index (χ1) is 15.5. The highest BCUT2D eigenvalue weighted by Gasteiger charge is 2.09. The van der Waals surface area contributed by atoms with Crippen LogP contribution in [-0.2, 0) is 0 Å². The van der Waals surface area contributed by atoms with Gasteiger partial charge in [0.1, 0.15) is 0 Å². The Morgan fingerprint density at radius 2 is 1.44 bits per heavy atom. The minimum absolute atomic E-state index is 0.0670. The predicted molar refractivity (Wildman–Crippen MR) is 133 cm³/mol. The summed E-state index contributed by atoms with van der Waals surface area (Å²) in [5.41, 5.74) is 0.700. The average molecular weight is 458 g/mol. The van der Waals surface area contributed by atoms with Crippen molar-refractivity contribution in [1.29, 1.82) is 0 Å². The molecular formula is C24H31N3O4S. The van der Waals surface area contributed by atoms with Gasteiger partial charge in [-0.2, -0.15) is 0 Å². The Hall–Kier alpha value is -3.39. The molecule has 0 atom stereocenters. The molecule has 0 fully saturated rings. The van der Waals surface area contributed by atoms with Crippen LogP contribution < -0.4 is 10.9 Å². The fourth-order valence-electron chi connectivity index (χ4n) is 2.17. The molecule has 0 spiro atoms. The van der Waals surface area contributed by atoms with Gasteiger partial charge in [0.2, 0.25) is 5.56 Å². The molecule has 8 heteroatoms. The van der Waals surface area contributed by atoms with Crippen molar-refractivity contribution >= 4 is 29.0 Å². The molecule has 0 radical (unpaired) electrons. The molecule has 0 aliphatic rings. The molecule has 1 heterocycles. The van der Waals surface area contributed by atoms with E-state index in [1.54, 1.807) is 24.4 Å². The molecular weight excluding hydrogens is 426 g/mol. The molecule has 0 unspecified atom stereocenters. The quantitative estimate of drug-likeness (QED) is 0.325. The third kappa shape index (κ3) is 9.61. The minimum atomic E-state index is -0.515. The van der Waals surface area contributed by atoms with E-state index in [9.17, 15) is 19.7 Å². The summed E-state index contributed by atoms with van der Waals surface area (Å²) < 4.78 is 0. The van der Waals surface area contributed by atoms with Gasteiger partial charge >= 0.3 is 0 Å². The molecule has 0 aliphatic heterocycles. The number of pyridine rings is 1. The Bertz CT molecular complexity index is 1000. The standard InChI is InChI=1S/C18H13N3O4S.3C2H6/c22-17-11-16(9-10-19-17)26-15-7-3-13(4-8-15)20-18(23)12-1-5-14(6-2-12)21(24)25;3*1-2/h1-11H,(H,19,22)(H,20,23);3*1-2H3. The highest BCUT2D eigenvalue weighted by atomic mass is 32.2. The normalized spacial score (nSPS) is 8.94. The number of carbonyl (C=O) groups excluding carboxylic acids is 1. The zero-order valence-electron chi connectivity index (χ0n) is 19.3. The van der Waals surface area contributed by atoms with Gasteiger partial charge in [-0.15, -0.1) is 0 Å². The SMILES string of the molecule is CC.CC.CC.O=C(Nc1ccc(Sc2cc[nH]c(=O)c2)cc1)c1ccc([N+](=O)[O-])cc1. The molecule has 0 aliphatic carbocycles. The third-order valence-electron chi connectivity index (χ3n) is 3.43. The molecule has 7 nitrogen and oxygen atoms in total. The summed E-state index contributed by atoms with van der Waals surface area (Å²) >= 11 is 1.43. The average Bonchev–Trinajstić information content (AvgIpc) is 2.84. The number of carbonyl (C=O) groups is 1. The summed E-state index contributed by atoms with van der Waals surface area (Å²) in [4.78, 5) is 37.9. The van der Waals surface area contributed by atoms with Crippen LogP contribution in [0.15, 0.2) is 81.4 Å². The van der Waals surface area contributed by atoms with E-state index in [-0.39, 0.29) is 17.2 Å². The number of nitro benzene ring substituents is 1. The van der Waals surface area contributed by atoms with Gasteiger partial charge in [-0.1, -0.05) is 53.3 Å². The highest BCUT2D eigenvalue weighted by Crippen LogP contribution is 2.27. The van der Waals surface area contributed by atoms with Crippen molar-refractivity contribution in [2.45, 2.75) is 51.3 Å². The molecule has 2 aromatic carbocycles. The van der Waals surface area contributed by atoms with Gasteiger partial charge in [0, 0.05) is 45.4 Å². The fourth-order valence-corrected chi connectivity index (χ4v) is 3.01. The molecule has 1 amide bonds. The first kappa shape index (κ1) is 28.6. The van der Waals surface area contributed by atoms with Gasteiger partial charge < -0.3 is 10.3 Å². The Morgan fingerprint density at radius 3 is 1.94 bits per heavy atom. The molecule has 1 aromatic heterocycles. The Balaban J connectivity index is 0.00000148. The lowest BCUT2D eigenvalue weighted by atomic mass is 10.2. The van der Waals surface area contributed by atoms with Crippen LogP contribution in [0.1, 0.15) is 51.9 Å². The van der Waals surface area contributed by atoms with Gasteiger partial charge in [0.05, 0.1) is 4.92 Å². The number of nitrogens with zero attached hydrogens (tertiary/aromatic N) is 1. The Labute approximate surface area is 193 Å². The topological polar surface area (TPSA) is 105 Å². The van der Waals surface area contributed by atoms with E-state index in [0.29, 0.717) is 11.3 Å². The van der Waals surface area contributed by atoms with Crippen LogP contribution in [0.2, 0.25) is 0 Å². The Morgan fingerprint density at radius 1 is 0.875 bits per heavy atom. The van der Waals surface area contributed by atoms with Gasteiger partial charge in [0.15, 0.2) is 0 Å². The largest absolute Gasteiger partial charge is 0.329 e. The van der Waals surface area contributed by atoms with Gasteiger partial charge in [-0.25, -0.2) is 0 Å². The second kappa shape index (κ2) is 16.3. The summed E-state index contributed by atoms with van der Waals surface area (Å²) in [6.07, 6.45) is 1.59. The van der Waals surface area contributed by atoms with E-state index in [4.69, 9.17) is 0 Å². The highest BCUT2D eigenvalue weighted by molar-refractivity contribution is 7.99. The molecule has 0 saturated carbocycles. The fraction of sp³-hybridized carbons (Fsp3) is 0.250. The molecule has 2 N–H and O–H groups in total. The number of aromatic amines is 1. The molecule has 0 saturated heterocycles. The van der Waals surface area contributed by atoms with Gasteiger partial charge in [-0.05, 0) is 42.5 Å². The second-order valence-corrected chi connectivity index (χ2v) is 6.42. The molecule has 32 heavy (non-hydrogen) atoms. The summed E-state index contributed by atoms with van der Waals surface area (Å²) in [5, 5.41) is 13.4. The smallest absolute Gasteiger partial charge is 0.269 e. The van der Waals surface area contributed by atoms with Crippen molar-refractivity contribution in [2.75, 3.05) is 5.32 Å². The maximum Gasteiger partial charge on any atom is 0.269 e. The number of rotatable bonds is 5. The van der Waals surface area contributed by atoms with Crippen LogP contribution in [0.5, 0.6) is 0 Å². The number of hydrogen-bond donors (Lipinski definition) is 2. The van der Waals surface area contributed by atoms with Crippen molar-refractivity contribution in [2.24, 2.45) is 0 Å². The van der Waals surface area contributed by atoms with Crippen molar-refractivity contribution in [1.82, 2.24) is 4.98 Å². The lowest BCUT2D eigenvalue weighted by Crippen LogP contribution is -2.11. The molecule has 172 valence electrons. The summed E-state index contributed by atoms with van der Waals surface area (Å²) in [7, 11) is 0. The van der Waals surface area contributed by atoms with Crippen LogP contribution in [0.25, 0.3) is 0 Å². The Kier molecular flexibility index (Phi) is 14.6. The molecule has 3 aromatic rings. The van der Waals surface area contributed by atoms with Crippen molar-refractivity contribution in [3.05, 3.63) is 92.9 Å². The number of anilines is 1. The summed E-state index contributed by atoms with van der Waals surface area (Å²) in [5.74, 6) is -0.352. The van der Waals surface area contributed by atoms with E-state index in [0.717, 1.165) is 9.79 Å². The maximum absolute atomic E-state index is 12.2. The number of non-ortho nitro benzene ring substituents is 1. The monoisotopic (exact) mass is 457 g/mol. The molecule has 3 rings (SSSR count). The zero-order chi connectivity index (χ0) is 24.5. The van der Waals surface area contributed by atoms with Crippen molar-refractivity contribution in [3.8, 4) is 0 Å². The number of H-pyrrole nitrogens is 1. The van der Waals surface area contributed by atoms with E-state index < -0.39 is 4.92 Å². The lowest BCUT2D eigenvalue weighted by molar-refractivity contribution is -0.384. The predicted octanol–water partition coefficient (Wildman–Crippen LogP) is 6.77. The van der Waals surface area contributed by atoms with Crippen molar-refractivity contribution < 1.29 is 9.72 Å². The number of nitrogens with one attached hydrogen (secondary N) is 2. The summed E-state index contributed by atoms with van der Waals surface area (Å²) in [6, 6.07) is 15.9. The number of amides is 1. The van der Waals surface area contributed by atoms with Gasteiger partial charge in [-0.3, -0.25) is 19.7 Å². The zero-order valence-corrected chi connectivity index (χ0v) is 20.2. The van der Waals surface area contributed by atoms with Crippen LogP contribution in [0.3, 0.4) is 0 Å². The second-order valence-electron chi connectivity index (χ2n) is 5.27. The van der Waals surface area contributed by atoms with E-state index in [2.05, 4.69) is 10.3 Å². The van der Waals surface area contributed by atoms with Crippen LogP contribution >= 0.6 is 11.8 Å². The van der Waals surface area contributed by atoms with Crippen LogP contribution in [-0.4, -0.2) is 15.8 Å². The first-order valence-corrected chi connectivity index (χ1v) is 11.4. The number of aromatic nitrogens is 1. The van der Waals surface area contributed by atoms with Gasteiger partial charge in [0.25, 0.3) is 11.6 Å². The minimum Gasteiger partial charge on any atom is -0.329 e. The van der Waals surface area contributed by atoms with Crippen molar-refractivity contribution in [3.63, 3.8) is 0 Å². The van der Waals surface area contributed by atoms with E-state index in [1.807, 2.05) is 53.7 Å².